The van der Waals surface area contributed by atoms with Crippen molar-refractivity contribution in [3.05, 3.63) is 45.3 Å². The van der Waals surface area contributed by atoms with E-state index in [4.69, 9.17) is 9.26 Å². The number of aromatic nitrogens is 1. The first-order chi connectivity index (χ1) is 12.8. The molecule has 0 N–H and O–H groups in total. The van der Waals surface area contributed by atoms with Gasteiger partial charge >= 0.3 is 0 Å². The van der Waals surface area contributed by atoms with Gasteiger partial charge in [-0.25, -0.2) is 8.42 Å². The maximum atomic E-state index is 12.7. The normalized spacial score (nSPS) is 15.8. The van der Waals surface area contributed by atoms with E-state index in [1.54, 1.807) is 13.8 Å². The van der Waals surface area contributed by atoms with Crippen LogP contribution in [0.25, 0.3) is 0 Å². The Kier molecular flexibility index (Phi) is 5.84. The Bertz CT molecular complexity index is 932. The van der Waals surface area contributed by atoms with E-state index in [9.17, 15) is 18.5 Å². The number of aryl methyl sites for hydroxylation is 2. The summed E-state index contributed by atoms with van der Waals surface area (Å²) in [5.41, 5.74) is 1.37. The summed E-state index contributed by atoms with van der Waals surface area (Å²) >= 11 is 1.25. The highest BCUT2D eigenvalue weighted by Crippen LogP contribution is 2.35. The number of nitro benzene ring substituents is 1. The van der Waals surface area contributed by atoms with E-state index < -0.39 is 14.9 Å². The molecule has 0 amide bonds. The number of nitrogens with zero attached hydrogens (tertiary/aromatic N) is 3. The van der Waals surface area contributed by atoms with Crippen molar-refractivity contribution in [1.82, 2.24) is 9.46 Å². The number of thioether (sulfide) groups is 1. The number of hydrogen-bond donors (Lipinski definition) is 0. The lowest BCUT2D eigenvalue weighted by atomic mass is 10.2. The standard InChI is InChI=1S/C16H19N3O6S2/c1-11-14(12(2)25-17-11)10-26-16-4-3-13(9-15(16)19(20)21)27(22,23)18-5-7-24-8-6-18/h3-4,9H,5-8,10H2,1-2H3. The van der Waals surface area contributed by atoms with Crippen molar-refractivity contribution in [3.8, 4) is 0 Å². The molecule has 11 heteroatoms. The van der Waals surface area contributed by atoms with Gasteiger partial charge in [0, 0.05) is 30.5 Å². The van der Waals surface area contributed by atoms with Gasteiger partial charge in [-0.15, -0.1) is 11.8 Å². The largest absolute Gasteiger partial charge is 0.379 e. The average Bonchev–Trinajstić information content (AvgIpc) is 2.98. The van der Waals surface area contributed by atoms with Gasteiger partial charge in [0.2, 0.25) is 10.0 Å². The Hall–Kier alpha value is -1.95. The van der Waals surface area contributed by atoms with Crippen LogP contribution in [0.5, 0.6) is 0 Å². The monoisotopic (exact) mass is 413 g/mol. The van der Waals surface area contributed by atoms with Gasteiger partial charge < -0.3 is 9.26 Å². The second-order valence-electron chi connectivity index (χ2n) is 5.99. The van der Waals surface area contributed by atoms with Gasteiger partial charge in [0.15, 0.2) is 0 Å². The molecule has 1 aromatic carbocycles. The minimum atomic E-state index is -3.79. The quantitative estimate of drug-likeness (QED) is 0.403. The van der Waals surface area contributed by atoms with E-state index in [2.05, 4.69) is 5.16 Å². The van der Waals surface area contributed by atoms with Gasteiger partial charge in [-0.2, -0.15) is 4.31 Å². The molecule has 0 spiro atoms. The van der Waals surface area contributed by atoms with Crippen molar-refractivity contribution < 1.29 is 22.6 Å². The zero-order valence-electron chi connectivity index (χ0n) is 14.9. The summed E-state index contributed by atoms with van der Waals surface area (Å²) in [6.07, 6.45) is 0. The molecule has 2 aromatic rings. The number of benzene rings is 1. The van der Waals surface area contributed by atoms with Gasteiger partial charge in [-0.3, -0.25) is 10.1 Å². The molecule has 1 aliphatic rings. The fourth-order valence-corrected chi connectivity index (χ4v) is 5.30. The zero-order valence-corrected chi connectivity index (χ0v) is 16.5. The molecule has 1 saturated heterocycles. The minimum Gasteiger partial charge on any atom is -0.379 e. The number of sulfonamides is 1. The topological polar surface area (TPSA) is 116 Å². The molecule has 0 aliphatic carbocycles. The molecule has 1 aliphatic heterocycles. The molecule has 1 fully saturated rings. The van der Waals surface area contributed by atoms with Crippen molar-refractivity contribution >= 4 is 27.5 Å². The Morgan fingerprint density at radius 2 is 2.00 bits per heavy atom. The average molecular weight is 413 g/mol. The maximum Gasteiger partial charge on any atom is 0.284 e. The third-order valence-corrected chi connectivity index (χ3v) is 7.27. The molecular formula is C16H19N3O6S2. The SMILES string of the molecule is Cc1noc(C)c1CSc1ccc(S(=O)(=O)N2CCOCC2)cc1[N+](=O)[O-]. The predicted octanol–water partition coefficient (Wildman–Crippen LogP) is 2.51. The van der Waals surface area contributed by atoms with Crippen LogP contribution >= 0.6 is 11.8 Å². The second-order valence-corrected chi connectivity index (χ2v) is 8.95. The summed E-state index contributed by atoms with van der Waals surface area (Å²) < 4.78 is 37.0. The van der Waals surface area contributed by atoms with Crippen LogP contribution in [0.4, 0.5) is 5.69 Å². The van der Waals surface area contributed by atoms with E-state index in [1.165, 1.54) is 28.2 Å². The molecule has 1 aromatic heterocycles. The first kappa shape index (κ1) is 19.8. The molecule has 0 unspecified atom stereocenters. The minimum absolute atomic E-state index is 0.0854. The molecule has 146 valence electrons. The molecule has 3 rings (SSSR count). The lowest BCUT2D eigenvalue weighted by molar-refractivity contribution is -0.388. The van der Waals surface area contributed by atoms with Crippen LogP contribution in [0.3, 0.4) is 0 Å². The molecule has 0 bridgehead atoms. The summed E-state index contributed by atoms with van der Waals surface area (Å²) in [7, 11) is -3.79. The Labute approximate surface area is 160 Å². The van der Waals surface area contributed by atoms with E-state index in [0.717, 1.165) is 17.3 Å². The van der Waals surface area contributed by atoms with Gasteiger partial charge in [0.1, 0.15) is 5.76 Å². The van der Waals surface area contributed by atoms with Crippen molar-refractivity contribution in [2.45, 2.75) is 29.4 Å². The van der Waals surface area contributed by atoms with Crippen molar-refractivity contribution in [1.29, 1.82) is 0 Å². The lowest BCUT2D eigenvalue weighted by Gasteiger charge is -2.26. The molecule has 0 saturated carbocycles. The number of hydrogen-bond acceptors (Lipinski definition) is 8. The van der Waals surface area contributed by atoms with Crippen LogP contribution in [0, 0.1) is 24.0 Å². The second kappa shape index (κ2) is 7.97. The Morgan fingerprint density at radius 3 is 2.59 bits per heavy atom. The van der Waals surface area contributed by atoms with Gasteiger partial charge in [-0.05, 0) is 26.0 Å². The Morgan fingerprint density at radius 1 is 1.30 bits per heavy atom. The summed E-state index contributed by atoms with van der Waals surface area (Å²) in [4.78, 5) is 11.2. The van der Waals surface area contributed by atoms with Crippen LogP contribution in [0.2, 0.25) is 0 Å². The van der Waals surface area contributed by atoms with Crippen LogP contribution in [-0.2, 0) is 20.5 Å². The molecule has 9 nitrogen and oxygen atoms in total. The summed E-state index contributed by atoms with van der Waals surface area (Å²) in [6.45, 7) is 4.68. The Balaban J connectivity index is 1.87. The zero-order chi connectivity index (χ0) is 19.6. The molecule has 27 heavy (non-hydrogen) atoms. The lowest BCUT2D eigenvalue weighted by Crippen LogP contribution is -2.40. The molecule has 2 heterocycles. The first-order valence-electron chi connectivity index (χ1n) is 8.21. The van der Waals surface area contributed by atoms with Crippen LogP contribution in [0.1, 0.15) is 17.0 Å². The number of morpholine rings is 1. The fourth-order valence-electron chi connectivity index (χ4n) is 2.72. The highest BCUT2D eigenvalue weighted by Gasteiger charge is 2.29. The van der Waals surface area contributed by atoms with Crippen molar-refractivity contribution in [2.75, 3.05) is 26.3 Å². The van der Waals surface area contributed by atoms with Crippen molar-refractivity contribution in [2.24, 2.45) is 0 Å². The fraction of sp³-hybridized carbons (Fsp3) is 0.438. The molecule has 0 radical (unpaired) electrons. The highest BCUT2D eigenvalue weighted by atomic mass is 32.2. The predicted molar refractivity (Wildman–Crippen MR) is 98.2 cm³/mol. The van der Waals surface area contributed by atoms with Crippen molar-refractivity contribution in [3.63, 3.8) is 0 Å². The van der Waals surface area contributed by atoms with E-state index in [-0.39, 0.29) is 23.7 Å². The van der Waals surface area contributed by atoms with Gasteiger partial charge in [-0.1, -0.05) is 5.16 Å². The number of ether oxygens (including phenoxy) is 1. The summed E-state index contributed by atoms with van der Waals surface area (Å²) in [5, 5.41) is 15.4. The maximum absolute atomic E-state index is 12.7. The first-order valence-corrected chi connectivity index (χ1v) is 10.6. The van der Waals surface area contributed by atoms with Crippen LogP contribution < -0.4 is 0 Å². The molecular weight excluding hydrogens is 394 g/mol. The molecule has 0 atom stereocenters. The van der Waals surface area contributed by atoms with E-state index in [0.29, 0.717) is 29.6 Å². The highest BCUT2D eigenvalue weighted by molar-refractivity contribution is 7.98. The third kappa shape index (κ3) is 4.15. The van der Waals surface area contributed by atoms with E-state index in [1.807, 2.05) is 0 Å². The van der Waals surface area contributed by atoms with E-state index >= 15 is 0 Å². The van der Waals surface area contributed by atoms with Gasteiger partial charge in [0.05, 0.1) is 33.6 Å². The number of nitro groups is 1. The van der Waals surface area contributed by atoms with Crippen LogP contribution in [0.15, 0.2) is 32.5 Å². The summed E-state index contributed by atoms with van der Waals surface area (Å²) in [6, 6.07) is 4.02. The third-order valence-electron chi connectivity index (χ3n) is 4.29. The number of rotatable bonds is 6. The summed E-state index contributed by atoms with van der Waals surface area (Å²) in [5.74, 6) is 1.10. The van der Waals surface area contributed by atoms with Crippen LogP contribution in [-0.4, -0.2) is 49.1 Å². The van der Waals surface area contributed by atoms with Gasteiger partial charge in [0.25, 0.3) is 5.69 Å². The smallest absolute Gasteiger partial charge is 0.284 e.